The zero-order chi connectivity index (χ0) is 47.7. The van der Waals surface area contributed by atoms with Gasteiger partial charge in [-0.15, -0.1) is 0 Å². The Kier molecular flexibility index (Phi) is 9.52. The highest BCUT2D eigenvalue weighted by molar-refractivity contribution is 6.16. The molecule has 0 spiro atoms. The highest BCUT2D eigenvalue weighted by Crippen LogP contribution is 2.52. The Labute approximate surface area is 416 Å². The number of rotatable bonds is 8. The average molecular weight is 918 g/mol. The standard InChI is InChI=1S/C67H43N5/c68-44-56-63(45-23-5-1-6-24-45)65(70-57-36-18-13-31-50(57)51-32-14-19-37-58(51)70)67(66(64(56)46-25-7-2-8-26-46)71-59-38-20-15-33-52(59)53-34-16-21-39-60(53)71)72-61-40-22-17-35-54(61)55-43-49(41-42-62(55)72)69(47-27-9-3-10-28-47)48-29-11-4-12-30-48/h1-43H. The molecule has 14 aromatic rings. The van der Waals surface area contributed by atoms with Gasteiger partial charge in [-0.3, -0.25) is 0 Å². The molecule has 72 heavy (non-hydrogen) atoms. The van der Waals surface area contributed by atoms with Crippen LogP contribution < -0.4 is 4.90 Å². The minimum absolute atomic E-state index is 0.592. The van der Waals surface area contributed by atoms with Crippen molar-refractivity contribution in [1.82, 2.24) is 13.7 Å². The zero-order valence-corrected chi connectivity index (χ0v) is 39.1. The minimum atomic E-state index is 0.592. The second-order valence-electron chi connectivity index (χ2n) is 18.3. The van der Waals surface area contributed by atoms with E-state index in [1.807, 2.05) is 0 Å². The molecule has 0 aliphatic heterocycles. The number of aromatic nitrogens is 3. The van der Waals surface area contributed by atoms with E-state index >= 15 is 0 Å². The van der Waals surface area contributed by atoms with Crippen LogP contribution in [0.15, 0.2) is 261 Å². The van der Waals surface area contributed by atoms with Crippen LogP contribution in [0.3, 0.4) is 0 Å². The fourth-order valence-electron chi connectivity index (χ4n) is 11.5. The second kappa shape index (κ2) is 16.7. The van der Waals surface area contributed by atoms with Crippen molar-refractivity contribution >= 4 is 82.5 Å². The summed E-state index contributed by atoms with van der Waals surface area (Å²) in [5, 5.41) is 18.9. The van der Waals surface area contributed by atoms with Crippen molar-refractivity contribution in [3.63, 3.8) is 0 Å². The Morgan fingerprint density at radius 1 is 0.278 bits per heavy atom. The van der Waals surface area contributed by atoms with E-state index in [-0.39, 0.29) is 0 Å². The topological polar surface area (TPSA) is 41.8 Å². The molecule has 0 aliphatic rings. The molecule has 5 nitrogen and oxygen atoms in total. The lowest BCUT2D eigenvalue weighted by Crippen LogP contribution is -2.14. The number of anilines is 3. The van der Waals surface area contributed by atoms with E-state index in [2.05, 4.69) is 286 Å². The van der Waals surface area contributed by atoms with Gasteiger partial charge in [-0.2, -0.15) is 5.26 Å². The Morgan fingerprint density at radius 3 is 0.958 bits per heavy atom. The van der Waals surface area contributed by atoms with Crippen LogP contribution in [0.2, 0.25) is 0 Å². The van der Waals surface area contributed by atoms with Gasteiger partial charge in [0.2, 0.25) is 0 Å². The summed E-state index contributed by atoms with van der Waals surface area (Å²) in [7, 11) is 0. The van der Waals surface area contributed by atoms with E-state index < -0.39 is 0 Å². The summed E-state index contributed by atoms with van der Waals surface area (Å²) in [6.45, 7) is 0. The normalized spacial score (nSPS) is 11.6. The number of hydrogen-bond donors (Lipinski definition) is 0. The summed E-state index contributed by atoms with van der Waals surface area (Å²) in [5.74, 6) is 0. The van der Waals surface area contributed by atoms with Crippen LogP contribution in [0.4, 0.5) is 17.1 Å². The van der Waals surface area contributed by atoms with Crippen molar-refractivity contribution in [2.24, 2.45) is 0 Å². The molecule has 0 saturated heterocycles. The van der Waals surface area contributed by atoms with Crippen molar-refractivity contribution in [3.05, 3.63) is 266 Å². The van der Waals surface area contributed by atoms with Crippen molar-refractivity contribution in [2.45, 2.75) is 0 Å². The van der Waals surface area contributed by atoms with Gasteiger partial charge in [0.1, 0.15) is 6.07 Å². The van der Waals surface area contributed by atoms with Gasteiger partial charge < -0.3 is 18.6 Å². The Bertz CT molecular complexity index is 4120. The lowest BCUT2D eigenvalue weighted by molar-refractivity contribution is 1.05. The lowest BCUT2D eigenvalue weighted by Gasteiger charge is -2.29. The number of nitrogens with zero attached hydrogens (tertiary/aromatic N) is 5. The fourth-order valence-corrected chi connectivity index (χ4v) is 11.5. The summed E-state index contributed by atoms with van der Waals surface area (Å²) in [6.07, 6.45) is 0. The molecule has 0 N–H and O–H groups in total. The largest absolute Gasteiger partial charge is 0.310 e. The van der Waals surface area contributed by atoms with Crippen LogP contribution in [0.5, 0.6) is 0 Å². The summed E-state index contributed by atoms with van der Waals surface area (Å²) < 4.78 is 7.38. The third-order valence-corrected chi connectivity index (χ3v) is 14.4. The number of para-hydroxylation sites is 7. The van der Waals surface area contributed by atoms with Crippen molar-refractivity contribution in [2.75, 3.05) is 4.90 Å². The maximum atomic E-state index is 12.2. The molecule has 3 aromatic heterocycles. The molecule has 11 aromatic carbocycles. The third-order valence-electron chi connectivity index (χ3n) is 14.4. The van der Waals surface area contributed by atoms with Gasteiger partial charge in [-0.1, -0.05) is 188 Å². The van der Waals surface area contributed by atoms with E-state index in [0.29, 0.717) is 5.56 Å². The van der Waals surface area contributed by atoms with Crippen LogP contribution in [0.25, 0.3) is 105 Å². The molecule has 0 fully saturated rings. The summed E-state index contributed by atoms with van der Waals surface area (Å²) in [5.41, 5.74) is 16.4. The summed E-state index contributed by atoms with van der Waals surface area (Å²) in [4.78, 5) is 2.33. The van der Waals surface area contributed by atoms with Crippen molar-refractivity contribution in [1.29, 1.82) is 5.26 Å². The first kappa shape index (κ1) is 41.1. The van der Waals surface area contributed by atoms with E-state index in [9.17, 15) is 5.26 Å². The molecular weight excluding hydrogens is 875 g/mol. The molecule has 0 bridgehead atoms. The van der Waals surface area contributed by atoms with Crippen LogP contribution in [0, 0.1) is 11.3 Å². The fraction of sp³-hybridized carbons (Fsp3) is 0. The van der Waals surface area contributed by atoms with Gasteiger partial charge in [-0.05, 0) is 83.9 Å². The van der Waals surface area contributed by atoms with E-state index in [0.717, 1.165) is 122 Å². The van der Waals surface area contributed by atoms with E-state index in [1.165, 1.54) is 0 Å². The predicted molar refractivity (Wildman–Crippen MR) is 300 cm³/mol. The smallest absolute Gasteiger partial charge is 0.101 e. The van der Waals surface area contributed by atoms with Gasteiger partial charge in [0.15, 0.2) is 0 Å². The average Bonchev–Trinajstić information content (AvgIpc) is 4.09. The predicted octanol–water partition coefficient (Wildman–Crippen LogP) is 17.7. The van der Waals surface area contributed by atoms with Crippen LogP contribution in [-0.2, 0) is 0 Å². The quantitative estimate of drug-likeness (QED) is 0.152. The van der Waals surface area contributed by atoms with Crippen LogP contribution in [0.1, 0.15) is 5.56 Å². The molecule has 336 valence electrons. The lowest BCUT2D eigenvalue weighted by atomic mass is 9.87. The van der Waals surface area contributed by atoms with E-state index in [4.69, 9.17) is 0 Å². The highest BCUT2D eigenvalue weighted by Gasteiger charge is 2.34. The maximum absolute atomic E-state index is 12.2. The first-order valence-electron chi connectivity index (χ1n) is 24.4. The molecule has 0 atom stereocenters. The van der Waals surface area contributed by atoms with Gasteiger partial charge in [0, 0.05) is 60.5 Å². The first-order valence-corrected chi connectivity index (χ1v) is 24.4. The Morgan fingerprint density at radius 2 is 0.583 bits per heavy atom. The van der Waals surface area contributed by atoms with Crippen LogP contribution in [-0.4, -0.2) is 13.7 Å². The zero-order valence-electron chi connectivity index (χ0n) is 39.1. The number of fused-ring (bicyclic) bond motifs is 9. The molecule has 0 amide bonds. The molecule has 0 unspecified atom stereocenters. The minimum Gasteiger partial charge on any atom is -0.310 e. The molecule has 5 heteroatoms. The third kappa shape index (κ3) is 6.20. The summed E-state index contributed by atoms with van der Waals surface area (Å²) in [6, 6.07) is 95.8. The van der Waals surface area contributed by atoms with Gasteiger partial charge in [0.25, 0.3) is 0 Å². The number of hydrogen-bond acceptors (Lipinski definition) is 2. The second-order valence-corrected chi connectivity index (χ2v) is 18.3. The van der Waals surface area contributed by atoms with Gasteiger partial charge in [-0.25, -0.2) is 0 Å². The van der Waals surface area contributed by atoms with Crippen molar-refractivity contribution in [3.8, 4) is 45.4 Å². The van der Waals surface area contributed by atoms with E-state index in [1.54, 1.807) is 0 Å². The number of benzene rings is 11. The van der Waals surface area contributed by atoms with Gasteiger partial charge in [0.05, 0.1) is 55.7 Å². The molecule has 0 aliphatic carbocycles. The van der Waals surface area contributed by atoms with Crippen LogP contribution >= 0.6 is 0 Å². The molecule has 14 rings (SSSR count). The molecule has 3 heterocycles. The molecule has 0 saturated carbocycles. The summed E-state index contributed by atoms with van der Waals surface area (Å²) >= 11 is 0. The Hall–Kier alpha value is -9.89. The monoisotopic (exact) mass is 917 g/mol. The van der Waals surface area contributed by atoms with Crippen molar-refractivity contribution < 1.29 is 0 Å². The first-order chi connectivity index (χ1) is 35.8. The maximum Gasteiger partial charge on any atom is 0.101 e. The Balaban J connectivity index is 1.26. The SMILES string of the molecule is N#Cc1c(-c2ccccc2)c(-n2c3ccccc3c3ccccc32)c(-n2c3ccccc3c3cc(N(c4ccccc4)c4ccccc4)ccc32)c(-n2c3ccccc3c3ccccc32)c1-c1ccccc1. The highest BCUT2D eigenvalue weighted by atomic mass is 15.1. The van der Waals surface area contributed by atoms with Gasteiger partial charge >= 0.3 is 0 Å². The molecular formula is C67H43N5. The molecule has 0 radical (unpaired) electrons. The number of nitriles is 1.